The lowest BCUT2D eigenvalue weighted by Crippen LogP contribution is -2.36. The number of methoxy groups -OCH3 is 1. The van der Waals surface area contributed by atoms with Crippen molar-refractivity contribution in [3.05, 3.63) is 60.2 Å². The standard InChI is InChI=1S/C19H22N2O2/c1-23-17-11-9-16(10-12-17)20-18(15-7-3-2-4-8-15)19(22)21-13-5-6-14-21/h2-4,7-12,18,20H,5-6,13-14H2,1H3/t18-/m1/s1. The minimum absolute atomic E-state index is 0.143. The summed E-state index contributed by atoms with van der Waals surface area (Å²) in [6.45, 7) is 1.71. The number of rotatable bonds is 5. The number of carbonyl (C=O) groups is 1. The molecular formula is C19H22N2O2. The summed E-state index contributed by atoms with van der Waals surface area (Å²) in [6.07, 6.45) is 2.19. The van der Waals surface area contributed by atoms with Gasteiger partial charge in [-0.2, -0.15) is 0 Å². The van der Waals surface area contributed by atoms with Crippen molar-refractivity contribution in [2.45, 2.75) is 18.9 Å². The van der Waals surface area contributed by atoms with Crippen LogP contribution in [-0.2, 0) is 4.79 Å². The van der Waals surface area contributed by atoms with E-state index in [0.29, 0.717) is 0 Å². The molecule has 3 rings (SSSR count). The van der Waals surface area contributed by atoms with E-state index in [0.717, 1.165) is 42.9 Å². The highest BCUT2D eigenvalue weighted by Gasteiger charge is 2.27. The molecular weight excluding hydrogens is 288 g/mol. The van der Waals surface area contributed by atoms with Crippen LogP contribution < -0.4 is 10.1 Å². The zero-order valence-electron chi connectivity index (χ0n) is 13.4. The van der Waals surface area contributed by atoms with Crippen LogP contribution in [0.15, 0.2) is 54.6 Å². The van der Waals surface area contributed by atoms with Crippen molar-refractivity contribution in [1.29, 1.82) is 0 Å². The Hall–Kier alpha value is -2.49. The fraction of sp³-hybridized carbons (Fsp3) is 0.316. The van der Waals surface area contributed by atoms with E-state index in [-0.39, 0.29) is 11.9 Å². The molecule has 0 aliphatic carbocycles. The van der Waals surface area contributed by atoms with Crippen LogP contribution in [0, 0.1) is 0 Å². The van der Waals surface area contributed by atoms with Crippen LogP contribution in [0.25, 0.3) is 0 Å². The van der Waals surface area contributed by atoms with Gasteiger partial charge in [-0.25, -0.2) is 0 Å². The van der Waals surface area contributed by atoms with Gasteiger partial charge in [0.1, 0.15) is 11.8 Å². The topological polar surface area (TPSA) is 41.6 Å². The van der Waals surface area contributed by atoms with E-state index >= 15 is 0 Å². The molecule has 1 amide bonds. The second kappa shape index (κ2) is 7.18. The van der Waals surface area contributed by atoms with Gasteiger partial charge in [0.2, 0.25) is 5.91 Å². The maximum Gasteiger partial charge on any atom is 0.249 e. The van der Waals surface area contributed by atoms with Gasteiger partial charge in [-0.1, -0.05) is 30.3 Å². The Labute approximate surface area is 137 Å². The van der Waals surface area contributed by atoms with Gasteiger partial charge in [0.15, 0.2) is 0 Å². The van der Waals surface area contributed by atoms with Crippen molar-refractivity contribution < 1.29 is 9.53 Å². The van der Waals surface area contributed by atoms with Crippen molar-refractivity contribution in [2.24, 2.45) is 0 Å². The Morgan fingerprint density at radius 1 is 1.04 bits per heavy atom. The van der Waals surface area contributed by atoms with Crippen LogP contribution in [-0.4, -0.2) is 31.0 Å². The number of hydrogen-bond acceptors (Lipinski definition) is 3. The Morgan fingerprint density at radius 3 is 2.30 bits per heavy atom. The van der Waals surface area contributed by atoms with Crippen molar-refractivity contribution in [3.63, 3.8) is 0 Å². The highest BCUT2D eigenvalue weighted by atomic mass is 16.5. The predicted molar refractivity (Wildman–Crippen MR) is 91.6 cm³/mol. The number of carbonyl (C=O) groups excluding carboxylic acids is 1. The van der Waals surface area contributed by atoms with Crippen LogP contribution in [0.3, 0.4) is 0 Å². The summed E-state index contributed by atoms with van der Waals surface area (Å²) in [6, 6.07) is 17.2. The van der Waals surface area contributed by atoms with E-state index in [1.807, 2.05) is 59.5 Å². The minimum Gasteiger partial charge on any atom is -0.497 e. The maximum absolute atomic E-state index is 12.9. The monoisotopic (exact) mass is 310 g/mol. The second-order valence-electron chi connectivity index (χ2n) is 5.75. The number of benzene rings is 2. The molecule has 1 aliphatic rings. The number of nitrogens with zero attached hydrogens (tertiary/aromatic N) is 1. The normalized spacial score (nSPS) is 15.3. The summed E-state index contributed by atoms with van der Waals surface area (Å²) in [7, 11) is 1.64. The summed E-state index contributed by atoms with van der Waals surface area (Å²) in [4.78, 5) is 14.9. The molecule has 1 aliphatic heterocycles. The molecule has 23 heavy (non-hydrogen) atoms. The van der Waals surface area contributed by atoms with Gasteiger partial charge in [0.05, 0.1) is 7.11 Å². The van der Waals surface area contributed by atoms with Crippen molar-refractivity contribution in [3.8, 4) is 5.75 Å². The SMILES string of the molecule is COc1ccc(N[C@@H](C(=O)N2CCCC2)c2ccccc2)cc1. The zero-order chi connectivity index (χ0) is 16.1. The molecule has 0 radical (unpaired) electrons. The van der Waals surface area contributed by atoms with Crippen molar-refractivity contribution in [1.82, 2.24) is 4.90 Å². The molecule has 2 aromatic carbocycles. The third kappa shape index (κ3) is 3.65. The molecule has 120 valence electrons. The van der Waals surface area contributed by atoms with Gasteiger partial charge in [-0.3, -0.25) is 4.79 Å². The highest BCUT2D eigenvalue weighted by molar-refractivity contribution is 5.86. The van der Waals surface area contributed by atoms with Gasteiger partial charge in [-0.15, -0.1) is 0 Å². The van der Waals surface area contributed by atoms with Gasteiger partial charge in [0, 0.05) is 18.8 Å². The molecule has 4 nitrogen and oxygen atoms in total. The third-order valence-electron chi connectivity index (χ3n) is 4.20. The summed E-state index contributed by atoms with van der Waals surface area (Å²) < 4.78 is 5.18. The molecule has 0 bridgehead atoms. The minimum atomic E-state index is -0.359. The van der Waals surface area contributed by atoms with Crippen molar-refractivity contribution >= 4 is 11.6 Å². The number of ether oxygens (including phenoxy) is 1. The summed E-state index contributed by atoms with van der Waals surface area (Å²) in [5.74, 6) is 0.946. The fourth-order valence-electron chi connectivity index (χ4n) is 2.91. The van der Waals surface area contributed by atoms with Crippen molar-refractivity contribution in [2.75, 3.05) is 25.5 Å². The number of nitrogens with one attached hydrogen (secondary N) is 1. The third-order valence-corrected chi connectivity index (χ3v) is 4.20. The molecule has 0 spiro atoms. The lowest BCUT2D eigenvalue weighted by atomic mass is 10.1. The van der Waals surface area contributed by atoms with Crippen LogP contribution >= 0.6 is 0 Å². The summed E-state index contributed by atoms with van der Waals surface area (Å²) >= 11 is 0. The number of amides is 1. The number of anilines is 1. The first-order valence-corrected chi connectivity index (χ1v) is 8.02. The summed E-state index contributed by atoms with van der Waals surface area (Å²) in [5.41, 5.74) is 1.90. The van der Waals surface area contributed by atoms with E-state index in [9.17, 15) is 4.79 Å². The molecule has 1 N–H and O–H groups in total. The van der Waals surface area contributed by atoms with E-state index in [1.165, 1.54) is 0 Å². The molecule has 1 fully saturated rings. The van der Waals surface area contributed by atoms with E-state index < -0.39 is 0 Å². The first-order valence-electron chi connectivity index (χ1n) is 8.02. The van der Waals surface area contributed by atoms with E-state index in [1.54, 1.807) is 7.11 Å². The lowest BCUT2D eigenvalue weighted by Gasteiger charge is -2.25. The smallest absolute Gasteiger partial charge is 0.249 e. The average Bonchev–Trinajstić information content (AvgIpc) is 3.15. The summed E-state index contributed by atoms with van der Waals surface area (Å²) in [5, 5.41) is 3.38. The molecule has 1 heterocycles. The molecule has 1 atom stereocenters. The van der Waals surface area contributed by atoms with Crippen LogP contribution in [0.2, 0.25) is 0 Å². The molecule has 4 heteroatoms. The average molecular weight is 310 g/mol. The maximum atomic E-state index is 12.9. The molecule has 0 aromatic heterocycles. The Morgan fingerprint density at radius 2 is 1.70 bits per heavy atom. The first kappa shape index (κ1) is 15.4. The van der Waals surface area contributed by atoms with Gasteiger partial charge in [0.25, 0.3) is 0 Å². The largest absolute Gasteiger partial charge is 0.497 e. The van der Waals surface area contributed by atoms with Crippen LogP contribution in [0.4, 0.5) is 5.69 Å². The van der Waals surface area contributed by atoms with E-state index in [2.05, 4.69) is 5.32 Å². The van der Waals surface area contributed by atoms with Crippen LogP contribution in [0.5, 0.6) is 5.75 Å². The number of likely N-dealkylation sites (tertiary alicyclic amines) is 1. The van der Waals surface area contributed by atoms with Gasteiger partial charge >= 0.3 is 0 Å². The Kier molecular flexibility index (Phi) is 4.81. The van der Waals surface area contributed by atoms with Crippen LogP contribution in [0.1, 0.15) is 24.4 Å². The second-order valence-corrected chi connectivity index (χ2v) is 5.75. The number of hydrogen-bond donors (Lipinski definition) is 1. The molecule has 0 unspecified atom stereocenters. The quantitative estimate of drug-likeness (QED) is 0.919. The Bertz CT molecular complexity index is 634. The molecule has 2 aromatic rings. The highest BCUT2D eigenvalue weighted by Crippen LogP contribution is 2.25. The molecule has 1 saturated heterocycles. The molecule has 0 saturated carbocycles. The first-order chi connectivity index (χ1) is 11.3. The fourth-order valence-corrected chi connectivity index (χ4v) is 2.91. The zero-order valence-corrected chi connectivity index (χ0v) is 13.4. The predicted octanol–water partition coefficient (Wildman–Crippen LogP) is 3.47. The lowest BCUT2D eigenvalue weighted by molar-refractivity contribution is -0.131. The van der Waals surface area contributed by atoms with Gasteiger partial charge in [-0.05, 0) is 42.7 Å². The van der Waals surface area contributed by atoms with E-state index in [4.69, 9.17) is 4.74 Å². The Balaban J connectivity index is 1.83. The van der Waals surface area contributed by atoms with Gasteiger partial charge < -0.3 is 15.0 Å².